The molecule has 3 aromatic rings. The fourth-order valence-corrected chi connectivity index (χ4v) is 4.56. The van der Waals surface area contributed by atoms with Crippen LogP contribution in [0.1, 0.15) is 36.6 Å². The first-order valence-electron chi connectivity index (χ1n) is 14.5. The maximum Gasteiger partial charge on any atom is 0.408 e. The molecule has 3 amide bonds. The first-order valence-corrected chi connectivity index (χ1v) is 14.1. The highest BCUT2D eigenvalue weighted by atomic mass is 16.5. The molecule has 4 N–H and O–H groups in total. The molecule has 0 aliphatic carbocycles. The van der Waals surface area contributed by atoms with Crippen molar-refractivity contribution in [2.75, 3.05) is 13.7 Å². The molecular formula is C33H39N3O7. The Hall–Kier alpha value is -4.70. The Balaban J connectivity index is 1.85. The van der Waals surface area contributed by atoms with E-state index in [9.17, 15) is 19.2 Å². The van der Waals surface area contributed by atoms with Crippen LogP contribution in [0.4, 0.5) is 4.79 Å². The topological polar surface area (TPSA) is 143 Å². The van der Waals surface area contributed by atoms with Gasteiger partial charge >= 0.3 is 12.1 Å². The summed E-state index contributed by atoms with van der Waals surface area (Å²) in [4.78, 5) is 53.2. The van der Waals surface area contributed by atoms with E-state index in [0.29, 0.717) is 5.56 Å². The minimum absolute atomic E-state index is 0.0297. The maximum absolute atomic E-state index is 13.9. The summed E-state index contributed by atoms with van der Waals surface area (Å²) in [7, 11) is 1.52. The monoisotopic (exact) mass is 590 g/mol. The van der Waals surface area contributed by atoms with Crippen LogP contribution in [0, 0.1) is 11.8 Å². The lowest BCUT2D eigenvalue weighted by Gasteiger charge is -2.29. The van der Waals surface area contributed by atoms with E-state index in [1.807, 2.05) is 36.4 Å². The van der Waals surface area contributed by atoms with Gasteiger partial charge in [0.15, 0.2) is 0 Å². The summed E-state index contributed by atoms with van der Waals surface area (Å²) >= 11 is 0. The van der Waals surface area contributed by atoms with Gasteiger partial charge in [-0.15, -0.1) is 0 Å². The van der Waals surface area contributed by atoms with Crippen LogP contribution in [-0.4, -0.2) is 54.8 Å². The number of rotatable bonds is 15. The summed E-state index contributed by atoms with van der Waals surface area (Å²) < 4.78 is 17.9. The zero-order valence-corrected chi connectivity index (χ0v) is 24.5. The summed E-state index contributed by atoms with van der Waals surface area (Å²) in [5.41, 5.74) is 2.21. The van der Waals surface area contributed by atoms with E-state index in [0.717, 1.165) is 11.1 Å². The molecule has 0 aliphatic heterocycles. The maximum atomic E-state index is 13.9. The number of amides is 3. The van der Waals surface area contributed by atoms with Crippen molar-refractivity contribution in [3.63, 3.8) is 0 Å². The zero-order valence-electron chi connectivity index (χ0n) is 25.5. The van der Waals surface area contributed by atoms with Gasteiger partial charge in [0, 0.05) is 7.11 Å². The Morgan fingerprint density at radius 2 is 1.33 bits per heavy atom. The number of ether oxygens (including phenoxy) is 2. The molecule has 43 heavy (non-hydrogen) atoms. The molecule has 0 heterocycles. The Morgan fingerprint density at radius 3 is 1.88 bits per heavy atom. The molecule has 1 unspecified atom stereocenters. The van der Waals surface area contributed by atoms with E-state index in [1.54, 1.807) is 68.4 Å². The third-order valence-corrected chi connectivity index (χ3v) is 6.87. The van der Waals surface area contributed by atoms with Crippen LogP contribution in [0.2, 0.25) is 0 Å². The molecular weight excluding hydrogens is 550 g/mol. The fourth-order valence-electron chi connectivity index (χ4n) is 4.56. The van der Waals surface area contributed by atoms with Crippen molar-refractivity contribution < 1.29 is 33.8 Å². The van der Waals surface area contributed by atoms with Gasteiger partial charge in [-0.1, -0.05) is 105 Å². The summed E-state index contributed by atoms with van der Waals surface area (Å²) in [5.74, 6) is -4.01. The molecule has 228 valence electrons. The largest absolute Gasteiger partial charge is 0.481 e. The number of carbonyl (C=O) groups excluding carboxylic acids is 3. The molecule has 3 aromatic carbocycles. The van der Waals surface area contributed by atoms with Gasteiger partial charge in [-0.25, -0.2) is 4.79 Å². The van der Waals surface area contributed by atoms with Crippen molar-refractivity contribution >= 4 is 23.9 Å². The summed E-state index contributed by atoms with van der Waals surface area (Å²) in [5, 5.41) is 12.4. The van der Waals surface area contributed by atoms with Gasteiger partial charge in [-0.3, -0.25) is 14.4 Å². The highest BCUT2D eigenvalue weighted by Crippen LogP contribution is 2.17. The highest BCUT2D eigenvalue weighted by molar-refractivity contribution is 5.94. The number of aliphatic carboxylic acids is 1. The molecule has 0 saturated carbocycles. The molecule has 0 aromatic heterocycles. The normalized spacial score (nSPS) is 13.9. The number of alkyl carbamates (subject to hydrolysis) is 1. The first kappa shape index (κ1) is 31.2. The van der Waals surface area contributed by atoms with Gasteiger partial charge in [0.1, 0.15) is 18.7 Å². The zero-order chi connectivity index (χ0) is 31.9. The molecule has 0 fully saturated rings. The van der Waals surface area contributed by atoms with Gasteiger partial charge in [0.05, 0.1) is 18.6 Å². The SMILES string of the molecule is [2H]OC(=O)C(Cc1ccccc1)[C@H](NC(=O)OCc1ccccc1)C(=O)N[C@H](C(=O)N[C@@H](COC)c1ccccc1)C(C)C. The van der Waals surface area contributed by atoms with Crippen LogP contribution < -0.4 is 16.0 Å². The van der Waals surface area contributed by atoms with E-state index in [2.05, 4.69) is 21.1 Å². The molecule has 0 saturated heterocycles. The van der Waals surface area contributed by atoms with Crippen LogP contribution in [0.5, 0.6) is 0 Å². The fraction of sp³-hybridized carbons (Fsp3) is 0.333. The number of benzene rings is 3. The Bertz CT molecular complexity index is 1340. The molecule has 0 aliphatic rings. The molecule has 3 rings (SSSR count). The minimum Gasteiger partial charge on any atom is -0.481 e. The van der Waals surface area contributed by atoms with Gasteiger partial charge in [0.2, 0.25) is 11.8 Å². The number of carboxylic acid groups (broad SMARTS) is 1. The summed E-state index contributed by atoms with van der Waals surface area (Å²) in [6.07, 6.45) is -0.988. The van der Waals surface area contributed by atoms with Crippen molar-refractivity contribution in [1.82, 2.24) is 16.0 Å². The second-order valence-electron chi connectivity index (χ2n) is 10.5. The second-order valence-corrected chi connectivity index (χ2v) is 10.5. The van der Waals surface area contributed by atoms with Gasteiger partial charge in [0.25, 0.3) is 1.43 Å². The van der Waals surface area contributed by atoms with Crippen LogP contribution >= 0.6 is 0 Å². The summed E-state index contributed by atoms with van der Waals surface area (Å²) in [6.45, 7) is 3.63. The van der Waals surface area contributed by atoms with E-state index >= 15 is 0 Å². The second kappa shape index (κ2) is 16.7. The van der Waals surface area contributed by atoms with Crippen LogP contribution in [0.25, 0.3) is 1.43 Å². The smallest absolute Gasteiger partial charge is 0.408 e. The number of hydrogen-bond donors (Lipinski definition) is 4. The lowest BCUT2D eigenvalue weighted by Crippen LogP contribution is -2.59. The van der Waals surface area contributed by atoms with E-state index in [1.165, 1.54) is 7.11 Å². The van der Waals surface area contributed by atoms with Crippen molar-refractivity contribution in [1.29, 1.82) is 1.43 Å². The molecule has 10 nitrogen and oxygen atoms in total. The van der Waals surface area contributed by atoms with Crippen LogP contribution in [0.15, 0.2) is 91.0 Å². The third kappa shape index (κ3) is 10.3. The Morgan fingerprint density at radius 1 is 0.767 bits per heavy atom. The summed E-state index contributed by atoms with van der Waals surface area (Å²) in [6, 6.07) is 23.9. The van der Waals surface area contributed by atoms with Crippen molar-refractivity contribution in [2.45, 2.75) is 45.0 Å². The first-order chi connectivity index (χ1) is 21.2. The average Bonchev–Trinajstić information content (AvgIpc) is 3.04. The third-order valence-electron chi connectivity index (χ3n) is 6.87. The number of methoxy groups -OCH3 is 1. The van der Waals surface area contributed by atoms with Gasteiger partial charge < -0.3 is 30.5 Å². The van der Waals surface area contributed by atoms with Crippen LogP contribution in [-0.2, 0) is 36.9 Å². The van der Waals surface area contributed by atoms with Crippen molar-refractivity contribution in [3.8, 4) is 0 Å². The average molecular weight is 591 g/mol. The minimum atomic E-state index is -1.53. The van der Waals surface area contributed by atoms with Crippen molar-refractivity contribution in [2.24, 2.45) is 11.8 Å². The predicted octanol–water partition coefficient (Wildman–Crippen LogP) is 3.87. The standard InChI is InChI=1S/C33H39N3O7/c1-22(2)28(30(37)34-27(21-42-3)25-17-11-6-12-18-25)35-31(38)29(26(32(39)40)19-23-13-7-4-8-14-23)36-33(41)43-20-24-15-9-5-10-16-24/h4-18,22,26-29H,19-21H2,1-3H3,(H,34,37)(H,35,38)(H,36,41)(H,39,40)/t26?,27-,28-,29-/m0/s1/i/hD. The quantitative estimate of drug-likeness (QED) is 0.210. The number of hydrogen-bond acceptors (Lipinski definition) is 7. The molecule has 0 radical (unpaired) electrons. The Kier molecular flexibility index (Phi) is 12.1. The van der Waals surface area contributed by atoms with Crippen molar-refractivity contribution in [3.05, 3.63) is 108 Å². The van der Waals surface area contributed by atoms with Gasteiger partial charge in [-0.2, -0.15) is 0 Å². The highest BCUT2D eigenvalue weighted by Gasteiger charge is 2.38. The van der Waals surface area contributed by atoms with E-state index < -0.39 is 47.9 Å². The van der Waals surface area contributed by atoms with E-state index in [4.69, 9.17) is 10.9 Å². The predicted molar refractivity (Wildman–Crippen MR) is 161 cm³/mol. The molecule has 0 spiro atoms. The number of carboxylic acids is 1. The Labute approximate surface area is 253 Å². The number of carbonyl (C=O) groups is 4. The molecule has 10 heteroatoms. The van der Waals surface area contributed by atoms with Gasteiger partial charge in [-0.05, 0) is 29.0 Å². The van der Waals surface area contributed by atoms with E-state index in [-0.39, 0.29) is 25.6 Å². The molecule has 0 bridgehead atoms. The molecule has 4 atom stereocenters. The lowest BCUT2D eigenvalue weighted by molar-refractivity contribution is -0.145. The van der Waals surface area contributed by atoms with Crippen LogP contribution in [0.3, 0.4) is 0 Å². The number of nitrogens with one attached hydrogen (secondary N) is 3. The lowest BCUT2D eigenvalue weighted by atomic mass is 9.90.